The van der Waals surface area contributed by atoms with Gasteiger partial charge in [0.1, 0.15) is 6.61 Å². The average molecular weight is 477 g/mol. The molecule has 1 saturated heterocycles. The molecule has 2 amide bonds. The van der Waals surface area contributed by atoms with Gasteiger partial charge >= 0.3 is 12.1 Å². The van der Waals surface area contributed by atoms with Crippen LogP contribution in [0.3, 0.4) is 0 Å². The SMILES string of the molecule is O=C(N[C@@H]1C[C@H]2C[C@@]2(C(=O)N[C@@H]2CCO[C@@H]2C(=O)O)C1)OCC1c2ccccc2-c2ccccc21. The van der Waals surface area contributed by atoms with Crippen LogP contribution in [-0.2, 0) is 19.1 Å². The number of fused-ring (bicyclic) bond motifs is 4. The summed E-state index contributed by atoms with van der Waals surface area (Å²) < 4.78 is 10.9. The molecule has 0 unspecified atom stereocenters. The van der Waals surface area contributed by atoms with E-state index in [-0.39, 0.29) is 30.4 Å². The summed E-state index contributed by atoms with van der Waals surface area (Å²) in [7, 11) is 0. The summed E-state index contributed by atoms with van der Waals surface area (Å²) in [5, 5.41) is 15.1. The predicted molar refractivity (Wildman–Crippen MR) is 126 cm³/mol. The molecule has 0 radical (unpaired) electrons. The highest BCUT2D eigenvalue weighted by Gasteiger charge is 2.65. The van der Waals surface area contributed by atoms with Gasteiger partial charge in [0.25, 0.3) is 0 Å². The highest BCUT2D eigenvalue weighted by Crippen LogP contribution is 2.63. The Hall–Kier alpha value is -3.39. The lowest BCUT2D eigenvalue weighted by Crippen LogP contribution is -2.47. The number of alkyl carbamates (subject to hydrolysis) is 1. The molecule has 0 bridgehead atoms. The van der Waals surface area contributed by atoms with Crippen LogP contribution in [0.15, 0.2) is 48.5 Å². The van der Waals surface area contributed by atoms with Crippen molar-refractivity contribution < 1.29 is 29.0 Å². The number of hydrogen-bond donors (Lipinski definition) is 3. The minimum absolute atomic E-state index is 0.00179. The van der Waals surface area contributed by atoms with Crippen molar-refractivity contribution in [2.24, 2.45) is 11.3 Å². The van der Waals surface area contributed by atoms with Crippen LogP contribution in [0.2, 0.25) is 0 Å². The van der Waals surface area contributed by atoms with E-state index < -0.39 is 29.6 Å². The minimum atomic E-state index is -1.06. The standard InChI is InChI=1S/C27H28N2O6/c30-24(31)23-22(9-10-34-23)29-25(32)27-12-15(27)11-16(13-27)28-26(33)35-14-21-19-7-3-1-5-17(19)18-6-2-4-8-20(18)21/h1-8,15-16,21-23H,9-14H2,(H,28,33)(H,29,32)(H,30,31)/t15-,16+,22+,23-,27+/m0/s1. The lowest BCUT2D eigenvalue weighted by molar-refractivity contribution is -0.148. The average Bonchev–Trinajstić information content (AvgIpc) is 3.17. The zero-order valence-electron chi connectivity index (χ0n) is 19.2. The fourth-order valence-electron chi connectivity index (χ4n) is 6.39. The molecule has 8 heteroatoms. The number of carboxylic acid groups (broad SMARTS) is 1. The van der Waals surface area contributed by atoms with E-state index in [2.05, 4.69) is 34.9 Å². The van der Waals surface area contributed by atoms with Gasteiger partial charge in [-0.1, -0.05) is 48.5 Å². The van der Waals surface area contributed by atoms with Gasteiger partial charge in [-0.2, -0.15) is 0 Å². The monoisotopic (exact) mass is 476 g/mol. The summed E-state index contributed by atoms with van der Waals surface area (Å²) in [6, 6.07) is 15.8. The van der Waals surface area contributed by atoms with Gasteiger partial charge in [-0.25, -0.2) is 9.59 Å². The molecule has 1 heterocycles. The van der Waals surface area contributed by atoms with Crippen molar-refractivity contribution in [1.82, 2.24) is 10.6 Å². The van der Waals surface area contributed by atoms with E-state index in [1.165, 1.54) is 11.1 Å². The van der Waals surface area contributed by atoms with Crippen LogP contribution in [0.25, 0.3) is 11.1 Å². The summed E-state index contributed by atoms with van der Waals surface area (Å²) in [5.74, 6) is -0.981. The van der Waals surface area contributed by atoms with E-state index in [1.807, 2.05) is 24.3 Å². The number of carbonyl (C=O) groups excluding carboxylic acids is 2. The number of rotatable bonds is 6. The second kappa shape index (κ2) is 8.37. The first-order chi connectivity index (χ1) is 17.0. The van der Waals surface area contributed by atoms with Gasteiger partial charge in [0.05, 0.1) is 11.5 Å². The third-order valence-corrected chi connectivity index (χ3v) is 8.18. The van der Waals surface area contributed by atoms with E-state index >= 15 is 0 Å². The number of amides is 2. The molecule has 182 valence electrons. The lowest BCUT2D eigenvalue weighted by atomic mass is 9.98. The molecule has 2 aromatic rings. The fraction of sp³-hybridized carbons (Fsp3) is 0.444. The quantitative estimate of drug-likeness (QED) is 0.591. The first kappa shape index (κ1) is 22.1. The molecule has 35 heavy (non-hydrogen) atoms. The number of aliphatic carboxylic acids is 1. The van der Waals surface area contributed by atoms with Gasteiger partial charge in [0.15, 0.2) is 6.10 Å². The van der Waals surface area contributed by atoms with Crippen LogP contribution in [0.4, 0.5) is 4.79 Å². The molecule has 0 aromatic heterocycles. The van der Waals surface area contributed by atoms with Crippen molar-refractivity contribution in [3.63, 3.8) is 0 Å². The Balaban J connectivity index is 1.04. The highest BCUT2D eigenvalue weighted by atomic mass is 16.5. The molecule has 4 aliphatic rings. The Morgan fingerprint density at radius 3 is 2.37 bits per heavy atom. The number of hydrogen-bond acceptors (Lipinski definition) is 5. The van der Waals surface area contributed by atoms with Crippen LogP contribution >= 0.6 is 0 Å². The van der Waals surface area contributed by atoms with E-state index in [4.69, 9.17) is 9.47 Å². The molecular formula is C27H28N2O6. The van der Waals surface area contributed by atoms with Crippen molar-refractivity contribution >= 4 is 18.0 Å². The van der Waals surface area contributed by atoms with Crippen LogP contribution in [0, 0.1) is 11.3 Å². The van der Waals surface area contributed by atoms with Gasteiger partial charge < -0.3 is 25.2 Å². The fourth-order valence-corrected chi connectivity index (χ4v) is 6.39. The van der Waals surface area contributed by atoms with Gasteiger partial charge in [-0.3, -0.25) is 4.79 Å². The first-order valence-corrected chi connectivity index (χ1v) is 12.2. The van der Waals surface area contributed by atoms with E-state index in [1.54, 1.807) is 0 Å². The summed E-state index contributed by atoms with van der Waals surface area (Å²) in [5.41, 5.74) is 4.16. The minimum Gasteiger partial charge on any atom is -0.479 e. The molecule has 3 aliphatic carbocycles. The zero-order valence-corrected chi connectivity index (χ0v) is 19.2. The molecule has 8 nitrogen and oxygen atoms in total. The summed E-state index contributed by atoms with van der Waals surface area (Å²) in [6.07, 6.45) is 1.06. The summed E-state index contributed by atoms with van der Waals surface area (Å²) in [6.45, 7) is 0.574. The normalized spacial score (nSPS) is 30.2. The molecule has 5 atom stereocenters. The van der Waals surface area contributed by atoms with Crippen molar-refractivity contribution in [1.29, 1.82) is 0 Å². The van der Waals surface area contributed by atoms with Crippen LogP contribution in [0.5, 0.6) is 0 Å². The van der Waals surface area contributed by atoms with Crippen molar-refractivity contribution in [3.8, 4) is 11.1 Å². The molecular weight excluding hydrogens is 448 g/mol. The Morgan fingerprint density at radius 1 is 1.00 bits per heavy atom. The van der Waals surface area contributed by atoms with E-state index in [0.29, 0.717) is 19.4 Å². The molecule has 3 N–H and O–H groups in total. The Labute approximate surface area is 203 Å². The molecule has 6 rings (SSSR count). The topological polar surface area (TPSA) is 114 Å². The molecule has 1 aliphatic heterocycles. The second-order valence-corrected chi connectivity index (χ2v) is 10.2. The van der Waals surface area contributed by atoms with Gasteiger partial charge in [-0.05, 0) is 53.9 Å². The first-order valence-electron chi connectivity index (χ1n) is 12.2. The van der Waals surface area contributed by atoms with Gasteiger partial charge in [0, 0.05) is 18.6 Å². The van der Waals surface area contributed by atoms with E-state index in [0.717, 1.165) is 24.0 Å². The number of carbonyl (C=O) groups is 3. The Morgan fingerprint density at radius 2 is 1.69 bits per heavy atom. The highest BCUT2D eigenvalue weighted by molar-refractivity contribution is 5.88. The smallest absolute Gasteiger partial charge is 0.407 e. The predicted octanol–water partition coefficient (Wildman–Crippen LogP) is 3.05. The van der Waals surface area contributed by atoms with E-state index in [9.17, 15) is 19.5 Å². The number of nitrogens with one attached hydrogen (secondary N) is 2. The third kappa shape index (κ3) is 3.76. The largest absolute Gasteiger partial charge is 0.479 e. The third-order valence-electron chi connectivity index (χ3n) is 8.18. The zero-order chi connectivity index (χ0) is 24.2. The number of ether oxygens (including phenoxy) is 2. The Kier molecular flexibility index (Phi) is 5.29. The maximum Gasteiger partial charge on any atom is 0.407 e. The summed E-state index contributed by atoms with van der Waals surface area (Å²) >= 11 is 0. The summed E-state index contributed by atoms with van der Waals surface area (Å²) in [4.78, 5) is 37.0. The van der Waals surface area contributed by atoms with Crippen molar-refractivity contribution in [2.75, 3.05) is 13.2 Å². The van der Waals surface area contributed by atoms with Gasteiger partial charge in [-0.15, -0.1) is 0 Å². The maximum atomic E-state index is 13.0. The van der Waals surface area contributed by atoms with Gasteiger partial charge in [0.2, 0.25) is 5.91 Å². The van der Waals surface area contributed by atoms with Crippen molar-refractivity contribution in [2.45, 2.75) is 49.8 Å². The molecule has 3 fully saturated rings. The molecule has 0 spiro atoms. The Bertz CT molecular complexity index is 1150. The second-order valence-electron chi connectivity index (χ2n) is 10.2. The number of carboxylic acids is 1. The number of benzene rings is 2. The molecule has 2 aromatic carbocycles. The van der Waals surface area contributed by atoms with Crippen LogP contribution in [-0.4, -0.2) is 54.5 Å². The molecule has 2 saturated carbocycles. The maximum absolute atomic E-state index is 13.0. The van der Waals surface area contributed by atoms with Crippen LogP contribution < -0.4 is 10.6 Å². The van der Waals surface area contributed by atoms with Crippen LogP contribution in [0.1, 0.15) is 42.7 Å². The van der Waals surface area contributed by atoms with Crippen molar-refractivity contribution in [3.05, 3.63) is 59.7 Å². The lowest BCUT2D eigenvalue weighted by Gasteiger charge is -2.22.